The van der Waals surface area contributed by atoms with Crippen molar-refractivity contribution in [2.24, 2.45) is 10.9 Å². The smallest absolute Gasteiger partial charge is 0.309 e. The van der Waals surface area contributed by atoms with Gasteiger partial charge in [-0.15, -0.1) is 6.42 Å². The Morgan fingerprint density at radius 1 is 1.10 bits per heavy atom. The molecular formula is C31H30FN5O5. The number of pyridine rings is 1. The number of carbonyl (C=O) groups is 3. The third-order valence-corrected chi connectivity index (χ3v) is 6.61. The minimum Gasteiger partial charge on any atom is -0.497 e. The van der Waals surface area contributed by atoms with Gasteiger partial charge in [-0.3, -0.25) is 14.4 Å². The predicted molar refractivity (Wildman–Crippen MR) is 157 cm³/mol. The summed E-state index contributed by atoms with van der Waals surface area (Å²) in [7, 11) is 1.44. The summed E-state index contributed by atoms with van der Waals surface area (Å²) in [4.78, 5) is 48.4. The summed E-state index contributed by atoms with van der Waals surface area (Å²) in [6.45, 7) is 3.39. The van der Waals surface area contributed by atoms with Crippen molar-refractivity contribution in [3.63, 3.8) is 0 Å². The normalized spacial score (nSPS) is 13.3. The van der Waals surface area contributed by atoms with Gasteiger partial charge in [-0.1, -0.05) is 5.92 Å². The Morgan fingerprint density at radius 2 is 1.86 bits per heavy atom. The summed E-state index contributed by atoms with van der Waals surface area (Å²) in [5.41, 5.74) is 0.879. The van der Waals surface area contributed by atoms with Crippen LogP contribution in [0, 0.1) is 24.1 Å². The number of halogens is 1. The zero-order chi connectivity index (χ0) is 30.1. The molecule has 4 rings (SSSR count). The number of hydrogen-bond acceptors (Lipinski definition) is 7. The number of aliphatic imine (C=N–C) groups is 1. The fourth-order valence-corrected chi connectivity index (χ4v) is 4.30. The number of aromatic nitrogens is 1. The van der Waals surface area contributed by atoms with Gasteiger partial charge in [0, 0.05) is 30.9 Å². The van der Waals surface area contributed by atoms with Gasteiger partial charge < -0.3 is 25.0 Å². The number of benzene rings is 2. The number of nitrogens with zero attached hydrogens (tertiary/aromatic N) is 3. The van der Waals surface area contributed by atoms with Crippen molar-refractivity contribution in [2.75, 3.05) is 37.4 Å². The highest BCUT2D eigenvalue weighted by molar-refractivity contribution is 6.12. The number of amides is 2. The van der Waals surface area contributed by atoms with Crippen LogP contribution >= 0.6 is 0 Å². The number of nitrogens with one attached hydrogen (secondary N) is 2. The van der Waals surface area contributed by atoms with Crippen molar-refractivity contribution in [3.8, 4) is 18.1 Å². The molecule has 1 aromatic heterocycles. The lowest BCUT2D eigenvalue weighted by Crippen LogP contribution is -2.36. The minimum absolute atomic E-state index is 0.0823. The maximum absolute atomic E-state index is 15.0. The van der Waals surface area contributed by atoms with Crippen molar-refractivity contribution >= 4 is 41.3 Å². The highest BCUT2D eigenvalue weighted by atomic mass is 19.1. The molecular weight excluding hydrogens is 541 g/mol. The Morgan fingerprint density at radius 3 is 2.50 bits per heavy atom. The SMILES string of the molecule is C#Cc1ccc(NC(=O)c2cc(OC)ccc2NC(=O)c2ccc(N=CN3CCC(C(=O)OCC)CC3)cc2F)nc1. The van der Waals surface area contributed by atoms with E-state index in [-0.39, 0.29) is 34.5 Å². The first kappa shape index (κ1) is 29.7. The van der Waals surface area contributed by atoms with E-state index >= 15 is 0 Å². The van der Waals surface area contributed by atoms with Crippen LogP contribution in [0.15, 0.2) is 59.7 Å². The number of esters is 1. The molecule has 11 heteroatoms. The lowest BCUT2D eigenvalue weighted by atomic mass is 9.97. The number of ether oxygens (including phenoxy) is 2. The quantitative estimate of drug-likeness (QED) is 0.166. The van der Waals surface area contributed by atoms with Crippen molar-refractivity contribution in [2.45, 2.75) is 19.8 Å². The maximum Gasteiger partial charge on any atom is 0.309 e. The molecule has 0 saturated carbocycles. The van der Waals surface area contributed by atoms with Gasteiger partial charge in [0.1, 0.15) is 17.4 Å². The van der Waals surface area contributed by atoms with Gasteiger partial charge in [-0.05, 0) is 62.2 Å². The summed E-state index contributed by atoms with van der Waals surface area (Å²) in [6, 6.07) is 11.7. The molecule has 2 N–H and O–H groups in total. The summed E-state index contributed by atoms with van der Waals surface area (Å²) in [6.07, 6.45) is 9.69. The predicted octanol–water partition coefficient (Wildman–Crippen LogP) is 4.65. The van der Waals surface area contributed by atoms with Gasteiger partial charge in [0.25, 0.3) is 11.8 Å². The first-order chi connectivity index (χ1) is 20.3. The van der Waals surface area contributed by atoms with E-state index in [9.17, 15) is 18.8 Å². The second kappa shape index (κ2) is 13.9. The minimum atomic E-state index is -0.777. The molecule has 1 saturated heterocycles. The van der Waals surface area contributed by atoms with E-state index in [4.69, 9.17) is 15.9 Å². The van der Waals surface area contributed by atoms with Gasteiger partial charge in [-0.2, -0.15) is 0 Å². The van der Waals surface area contributed by atoms with Crippen molar-refractivity contribution in [1.29, 1.82) is 0 Å². The second-order valence-corrected chi connectivity index (χ2v) is 9.37. The third-order valence-electron chi connectivity index (χ3n) is 6.61. The van der Waals surface area contributed by atoms with Crippen molar-refractivity contribution in [3.05, 3.63) is 77.2 Å². The fraction of sp³-hybridized carbons (Fsp3) is 0.258. The van der Waals surface area contributed by atoms with Crippen LogP contribution in [0.4, 0.5) is 21.6 Å². The maximum atomic E-state index is 15.0. The zero-order valence-electron chi connectivity index (χ0n) is 23.2. The summed E-state index contributed by atoms with van der Waals surface area (Å²) in [5.74, 6) is 0.679. The summed E-state index contributed by atoms with van der Waals surface area (Å²) >= 11 is 0. The fourth-order valence-electron chi connectivity index (χ4n) is 4.30. The van der Waals surface area contributed by atoms with E-state index in [0.717, 1.165) is 6.07 Å². The molecule has 3 aromatic rings. The van der Waals surface area contributed by atoms with Crippen LogP contribution in [0.2, 0.25) is 0 Å². The molecule has 216 valence electrons. The number of anilines is 2. The van der Waals surface area contributed by atoms with Gasteiger partial charge in [0.15, 0.2) is 0 Å². The number of methoxy groups -OCH3 is 1. The molecule has 2 amide bonds. The third kappa shape index (κ3) is 7.48. The number of rotatable bonds is 9. The molecule has 0 atom stereocenters. The highest BCUT2D eigenvalue weighted by Crippen LogP contribution is 2.25. The lowest BCUT2D eigenvalue weighted by Gasteiger charge is -2.29. The molecule has 1 aliphatic rings. The highest BCUT2D eigenvalue weighted by Gasteiger charge is 2.25. The average Bonchev–Trinajstić information content (AvgIpc) is 3.01. The number of terminal acetylenes is 1. The first-order valence-corrected chi connectivity index (χ1v) is 13.3. The Bertz CT molecular complexity index is 1530. The monoisotopic (exact) mass is 571 g/mol. The van der Waals surface area contributed by atoms with Crippen LogP contribution < -0.4 is 15.4 Å². The lowest BCUT2D eigenvalue weighted by molar-refractivity contribution is -0.149. The molecule has 1 aliphatic heterocycles. The number of likely N-dealkylation sites (tertiary alicyclic amines) is 1. The molecule has 42 heavy (non-hydrogen) atoms. The van der Waals surface area contributed by atoms with Crippen LogP contribution in [0.3, 0.4) is 0 Å². The zero-order valence-corrected chi connectivity index (χ0v) is 23.2. The Kier molecular flexibility index (Phi) is 9.84. The van der Waals surface area contributed by atoms with E-state index in [1.54, 1.807) is 31.5 Å². The van der Waals surface area contributed by atoms with Crippen LogP contribution in [0.25, 0.3) is 0 Å². The molecule has 0 radical (unpaired) electrons. The standard InChI is InChI=1S/C31H30FN5O5/c1-4-20-6-11-28(33-18-20)36-30(39)25-17-23(41-3)8-10-27(25)35-29(38)24-9-7-22(16-26(24)32)34-19-37-14-12-21(13-15-37)31(40)42-5-2/h1,6-11,16-19,21H,5,12-15H2,2-3H3,(H,35,38)(H,33,36,39). The molecule has 1 fully saturated rings. The topological polar surface area (TPSA) is 122 Å². The molecule has 0 bridgehead atoms. The number of hydrogen-bond donors (Lipinski definition) is 2. The second-order valence-electron chi connectivity index (χ2n) is 9.37. The number of carbonyl (C=O) groups excluding carboxylic acids is 3. The van der Waals surface area contributed by atoms with Crippen LogP contribution in [-0.4, -0.2) is 60.8 Å². The largest absolute Gasteiger partial charge is 0.497 e. The summed E-state index contributed by atoms with van der Waals surface area (Å²) < 4.78 is 25.3. The number of piperidine rings is 1. The van der Waals surface area contributed by atoms with Crippen LogP contribution in [-0.2, 0) is 9.53 Å². The van der Waals surface area contributed by atoms with Gasteiger partial charge in [0.2, 0.25) is 0 Å². The van der Waals surface area contributed by atoms with Crippen molar-refractivity contribution in [1.82, 2.24) is 9.88 Å². The first-order valence-electron chi connectivity index (χ1n) is 13.3. The molecule has 2 heterocycles. The molecule has 0 aliphatic carbocycles. The van der Waals surface area contributed by atoms with E-state index in [0.29, 0.717) is 49.5 Å². The van der Waals surface area contributed by atoms with E-state index in [2.05, 4.69) is 26.5 Å². The molecule has 10 nitrogen and oxygen atoms in total. The Labute approximate surface area is 242 Å². The average molecular weight is 572 g/mol. The van der Waals surface area contributed by atoms with Crippen molar-refractivity contribution < 1.29 is 28.2 Å². The van der Waals surface area contributed by atoms with Crippen LogP contribution in [0.5, 0.6) is 5.75 Å². The van der Waals surface area contributed by atoms with E-state index < -0.39 is 17.6 Å². The van der Waals surface area contributed by atoms with Gasteiger partial charge in [-0.25, -0.2) is 14.4 Å². The summed E-state index contributed by atoms with van der Waals surface area (Å²) in [5, 5.41) is 5.25. The molecule has 0 spiro atoms. The van der Waals surface area contributed by atoms with Crippen LogP contribution in [0.1, 0.15) is 46.0 Å². The Balaban J connectivity index is 1.43. The Hall–Kier alpha value is -5.24. The van der Waals surface area contributed by atoms with Gasteiger partial charge >= 0.3 is 5.97 Å². The van der Waals surface area contributed by atoms with E-state index in [1.807, 2.05) is 4.90 Å². The van der Waals surface area contributed by atoms with Gasteiger partial charge in [0.05, 0.1) is 48.5 Å². The van der Waals surface area contributed by atoms with E-state index in [1.165, 1.54) is 37.6 Å². The molecule has 0 unspecified atom stereocenters. The molecule has 2 aromatic carbocycles.